The molecule has 0 saturated heterocycles. The molecule has 0 fully saturated rings. The molecule has 0 radical (unpaired) electrons. The van der Waals surface area contributed by atoms with Gasteiger partial charge in [-0.3, -0.25) is 9.59 Å². The van der Waals surface area contributed by atoms with Gasteiger partial charge >= 0.3 is 0 Å². The predicted octanol–water partition coefficient (Wildman–Crippen LogP) is 3.61. The lowest BCUT2D eigenvalue weighted by molar-refractivity contribution is -0.113. The molecule has 9 heteroatoms. The molecule has 0 spiro atoms. The molecule has 7 nitrogen and oxygen atoms in total. The second kappa shape index (κ2) is 10.0. The largest absolute Gasteiger partial charge is 0.385 e. The topological polar surface area (TPSA) is 114 Å². The summed E-state index contributed by atoms with van der Waals surface area (Å²) in [5.74, 6) is 0.146. The number of aromatic nitrogens is 2. The number of nitrogens with two attached hydrogens (primary N) is 1. The van der Waals surface area contributed by atoms with E-state index in [0.29, 0.717) is 28.1 Å². The van der Waals surface area contributed by atoms with Crippen molar-refractivity contribution in [3.05, 3.63) is 68.3 Å². The Hall–Kier alpha value is -3.09. The zero-order valence-corrected chi connectivity index (χ0v) is 19.1. The third-order valence-corrected chi connectivity index (χ3v) is 7.54. The maximum Gasteiger partial charge on any atom is 0.275 e. The van der Waals surface area contributed by atoms with Gasteiger partial charge < -0.3 is 15.6 Å². The van der Waals surface area contributed by atoms with Gasteiger partial charge in [0.25, 0.3) is 5.56 Å². The molecule has 0 bridgehead atoms. The van der Waals surface area contributed by atoms with E-state index in [-0.39, 0.29) is 11.7 Å². The van der Waals surface area contributed by atoms with E-state index in [1.807, 2.05) is 30.3 Å². The summed E-state index contributed by atoms with van der Waals surface area (Å²) in [7, 11) is 0. The summed E-state index contributed by atoms with van der Waals surface area (Å²) in [6, 6.07) is 13.5. The Kier molecular flexibility index (Phi) is 6.93. The molecule has 2 aromatic heterocycles. The van der Waals surface area contributed by atoms with E-state index >= 15 is 0 Å². The van der Waals surface area contributed by atoms with E-state index in [2.05, 4.69) is 16.4 Å². The third kappa shape index (κ3) is 5.03. The molecule has 1 aliphatic rings. The van der Waals surface area contributed by atoms with Gasteiger partial charge in [-0.05, 0) is 43.2 Å². The van der Waals surface area contributed by atoms with E-state index in [1.165, 1.54) is 34.0 Å². The first-order valence-electron chi connectivity index (χ1n) is 10.4. The SMILES string of the molecule is N#Cc1c(NC(=O)CSc2nc(=O)cc(N)n2CCc2ccccc2)sc2c1CCCC2. The van der Waals surface area contributed by atoms with E-state index in [1.54, 1.807) is 4.57 Å². The highest BCUT2D eigenvalue weighted by molar-refractivity contribution is 7.99. The fraction of sp³-hybridized carbons (Fsp3) is 0.304. The smallest absolute Gasteiger partial charge is 0.275 e. The Morgan fingerprint density at radius 3 is 2.84 bits per heavy atom. The quantitative estimate of drug-likeness (QED) is 0.407. The number of carbonyl (C=O) groups excluding carboxylic acids is 1. The van der Waals surface area contributed by atoms with E-state index in [4.69, 9.17) is 5.73 Å². The Balaban J connectivity index is 1.45. The van der Waals surface area contributed by atoms with Crippen molar-refractivity contribution in [2.24, 2.45) is 0 Å². The Morgan fingerprint density at radius 2 is 2.06 bits per heavy atom. The van der Waals surface area contributed by atoms with Crippen LogP contribution in [0.25, 0.3) is 0 Å². The number of benzene rings is 1. The van der Waals surface area contributed by atoms with Crippen LogP contribution in [0.4, 0.5) is 10.8 Å². The number of thiophene rings is 1. The van der Waals surface area contributed by atoms with Crippen LogP contribution >= 0.6 is 23.1 Å². The van der Waals surface area contributed by atoms with Crippen LogP contribution in [0.5, 0.6) is 0 Å². The van der Waals surface area contributed by atoms with Crippen molar-refractivity contribution in [3.63, 3.8) is 0 Å². The first-order chi connectivity index (χ1) is 15.5. The third-order valence-electron chi connectivity index (χ3n) is 5.36. The van der Waals surface area contributed by atoms with Crippen LogP contribution in [-0.2, 0) is 30.6 Å². The fourth-order valence-electron chi connectivity index (χ4n) is 3.79. The number of carbonyl (C=O) groups is 1. The van der Waals surface area contributed by atoms with Crippen molar-refractivity contribution >= 4 is 39.8 Å². The van der Waals surface area contributed by atoms with E-state index in [0.717, 1.165) is 43.2 Å². The Morgan fingerprint density at radius 1 is 1.28 bits per heavy atom. The molecule has 1 aromatic carbocycles. The van der Waals surface area contributed by atoms with Gasteiger partial charge in [-0.25, -0.2) is 0 Å². The number of hydrogen-bond acceptors (Lipinski definition) is 7. The van der Waals surface area contributed by atoms with Gasteiger partial charge in [-0.15, -0.1) is 11.3 Å². The zero-order chi connectivity index (χ0) is 22.5. The molecule has 0 atom stereocenters. The number of nitrogens with one attached hydrogen (secondary N) is 1. The number of anilines is 2. The zero-order valence-electron chi connectivity index (χ0n) is 17.5. The molecule has 0 saturated carbocycles. The Bertz CT molecular complexity index is 1230. The summed E-state index contributed by atoms with van der Waals surface area (Å²) < 4.78 is 1.76. The molecule has 1 aliphatic carbocycles. The summed E-state index contributed by atoms with van der Waals surface area (Å²) in [6.07, 6.45) is 4.76. The minimum Gasteiger partial charge on any atom is -0.385 e. The van der Waals surface area contributed by atoms with Crippen LogP contribution in [0.15, 0.2) is 46.3 Å². The van der Waals surface area contributed by atoms with Gasteiger partial charge in [0.1, 0.15) is 16.9 Å². The van der Waals surface area contributed by atoms with Gasteiger partial charge in [0, 0.05) is 17.5 Å². The van der Waals surface area contributed by atoms with Crippen LogP contribution < -0.4 is 16.6 Å². The molecule has 32 heavy (non-hydrogen) atoms. The molecule has 164 valence electrons. The van der Waals surface area contributed by atoms with Crippen molar-refractivity contribution in [2.45, 2.75) is 43.8 Å². The average molecular weight is 466 g/mol. The molecule has 4 rings (SSSR count). The maximum absolute atomic E-state index is 12.6. The van der Waals surface area contributed by atoms with Gasteiger partial charge in [-0.1, -0.05) is 42.1 Å². The summed E-state index contributed by atoms with van der Waals surface area (Å²) in [6.45, 7) is 0.545. The summed E-state index contributed by atoms with van der Waals surface area (Å²) in [5, 5.41) is 13.5. The number of hydrogen-bond donors (Lipinski definition) is 2. The molecule has 1 amide bonds. The number of rotatable bonds is 7. The molecule has 3 aromatic rings. The van der Waals surface area contributed by atoms with Crippen molar-refractivity contribution in [1.82, 2.24) is 9.55 Å². The van der Waals surface area contributed by atoms with E-state index in [9.17, 15) is 14.9 Å². The molecule has 3 N–H and O–H groups in total. The summed E-state index contributed by atoms with van der Waals surface area (Å²) in [5.41, 5.74) is 8.47. The second-order valence-electron chi connectivity index (χ2n) is 7.55. The number of nitrogens with zero attached hydrogens (tertiary/aromatic N) is 3. The molecular formula is C23H23N5O2S2. The van der Waals surface area contributed by atoms with Crippen LogP contribution in [0.2, 0.25) is 0 Å². The van der Waals surface area contributed by atoms with Crippen LogP contribution in [0.3, 0.4) is 0 Å². The second-order valence-corrected chi connectivity index (χ2v) is 9.60. The molecule has 0 unspecified atom stereocenters. The lowest BCUT2D eigenvalue weighted by Gasteiger charge is -2.14. The Labute approximate surface area is 194 Å². The number of amides is 1. The van der Waals surface area contributed by atoms with Crippen LogP contribution in [0, 0.1) is 11.3 Å². The molecule has 0 aliphatic heterocycles. The van der Waals surface area contributed by atoms with Gasteiger partial charge in [0.05, 0.1) is 11.3 Å². The molecular weight excluding hydrogens is 442 g/mol. The minimum atomic E-state index is -0.431. The van der Waals surface area contributed by atoms with E-state index < -0.39 is 5.56 Å². The predicted molar refractivity (Wildman–Crippen MR) is 128 cm³/mol. The summed E-state index contributed by atoms with van der Waals surface area (Å²) in [4.78, 5) is 29.8. The number of nitrogen functional groups attached to an aromatic ring is 1. The number of nitriles is 1. The average Bonchev–Trinajstić information content (AvgIpc) is 3.14. The number of aryl methyl sites for hydroxylation is 2. The lowest BCUT2D eigenvalue weighted by Crippen LogP contribution is -2.20. The van der Waals surface area contributed by atoms with Gasteiger partial charge in [-0.2, -0.15) is 10.2 Å². The highest BCUT2D eigenvalue weighted by Gasteiger charge is 2.22. The number of fused-ring (bicyclic) bond motifs is 1. The van der Waals surface area contributed by atoms with Crippen LogP contribution in [-0.4, -0.2) is 21.2 Å². The first kappa shape index (κ1) is 22.1. The highest BCUT2D eigenvalue weighted by Crippen LogP contribution is 2.37. The van der Waals surface area contributed by atoms with Gasteiger partial charge in [0.2, 0.25) is 5.91 Å². The normalized spacial score (nSPS) is 12.7. The minimum absolute atomic E-state index is 0.0642. The fourth-order valence-corrected chi connectivity index (χ4v) is 5.88. The monoisotopic (exact) mass is 465 g/mol. The summed E-state index contributed by atoms with van der Waals surface area (Å²) >= 11 is 2.66. The standard InChI is InChI=1S/C23H23N5O2S2/c24-13-17-16-8-4-5-9-18(16)32-22(17)26-21(30)14-31-23-27-20(29)12-19(25)28(23)11-10-15-6-2-1-3-7-15/h1-3,6-7,12H,4-5,8-11,14,25H2,(H,26,30). The van der Waals surface area contributed by atoms with Crippen molar-refractivity contribution in [2.75, 3.05) is 16.8 Å². The number of thioether (sulfide) groups is 1. The van der Waals surface area contributed by atoms with Crippen molar-refractivity contribution < 1.29 is 4.79 Å². The van der Waals surface area contributed by atoms with Crippen molar-refractivity contribution in [1.29, 1.82) is 5.26 Å². The lowest BCUT2D eigenvalue weighted by atomic mass is 9.96. The van der Waals surface area contributed by atoms with Crippen LogP contribution in [0.1, 0.15) is 34.4 Å². The van der Waals surface area contributed by atoms with Gasteiger partial charge in [0.15, 0.2) is 5.16 Å². The first-order valence-corrected chi connectivity index (χ1v) is 12.2. The highest BCUT2D eigenvalue weighted by atomic mass is 32.2. The van der Waals surface area contributed by atoms with Crippen molar-refractivity contribution in [3.8, 4) is 6.07 Å². The molecule has 2 heterocycles. The maximum atomic E-state index is 12.6.